The largest absolute Gasteiger partial charge is 0.565 e. The van der Waals surface area contributed by atoms with Crippen molar-refractivity contribution in [2.45, 2.75) is 424 Å². The SMILES string of the molecule is CCCCCCCCOc1cc(OCCCCCCCC)c([S+](c2c(OCCCCCCCC)cc(OCCCCCCCC)cc2OCCCCCCCC)c2c(OCCCCCCCC)cc(OCCCCCCCC)cc2OCCCCCCCC)c(OCCCCCCCC)c1.O=C([O-])O. The molecule has 0 aliphatic carbocycles. The first kappa shape index (κ1) is 95.6. The van der Waals surface area contributed by atoms with Gasteiger partial charge in [-0.05, 0) is 57.8 Å². The molecule has 0 aliphatic heterocycles. The zero-order valence-corrected chi connectivity index (χ0v) is 69.7. The van der Waals surface area contributed by atoms with Crippen LogP contribution in [0.25, 0.3) is 0 Å². The van der Waals surface area contributed by atoms with E-state index in [1.54, 1.807) is 0 Å². The Morgan fingerprint density at radius 1 is 0.231 bits per heavy atom. The van der Waals surface area contributed by atoms with Crippen molar-refractivity contribution in [3.63, 3.8) is 0 Å². The van der Waals surface area contributed by atoms with Gasteiger partial charge in [0, 0.05) is 36.4 Å². The first-order valence-corrected chi connectivity index (χ1v) is 45.2. The molecule has 0 aromatic heterocycles. The second kappa shape index (κ2) is 70.2. The molecule has 3 aromatic rings. The highest BCUT2D eigenvalue weighted by Gasteiger charge is 2.47. The van der Waals surface area contributed by atoms with Crippen molar-refractivity contribution in [1.82, 2.24) is 0 Å². The van der Waals surface area contributed by atoms with Gasteiger partial charge in [0.05, 0.1) is 59.5 Å². The van der Waals surface area contributed by atoms with Crippen LogP contribution in [0, 0.1) is 0 Å². The molecule has 0 heterocycles. The quantitative estimate of drug-likeness (QED) is 0.0424. The minimum atomic E-state index is -2.08. The summed E-state index contributed by atoms with van der Waals surface area (Å²) in [5.41, 5.74) is 0. The molecule has 0 spiro atoms. The number of hydrogen-bond acceptors (Lipinski definition) is 11. The predicted molar refractivity (Wildman–Crippen MR) is 439 cm³/mol. The molecule has 1 N–H and O–H groups in total. The Bertz CT molecular complexity index is 2040. The summed E-state index contributed by atoms with van der Waals surface area (Å²) in [6.45, 7) is 26.0. The molecular formula is C91H160O12S. The van der Waals surface area contributed by atoms with Gasteiger partial charge in [-0.1, -0.05) is 351 Å². The van der Waals surface area contributed by atoms with Gasteiger partial charge in [0.2, 0.25) is 6.16 Å². The summed E-state index contributed by atoms with van der Waals surface area (Å²) in [6.07, 6.45) is 61.2. The van der Waals surface area contributed by atoms with Gasteiger partial charge in [-0.25, -0.2) is 0 Å². The van der Waals surface area contributed by atoms with Crippen LogP contribution in [0.4, 0.5) is 4.79 Å². The molecule has 0 bridgehead atoms. The molecule has 0 saturated carbocycles. The summed E-state index contributed by atoms with van der Waals surface area (Å²) in [4.78, 5) is 11.3. The van der Waals surface area contributed by atoms with E-state index in [1.165, 1.54) is 231 Å². The fourth-order valence-corrected chi connectivity index (χ4v) is 15.6. The standard InChI is InChI=1S/C90H159O9S.CH2O3/c1-10-19-28-37-46-55-64-91-79-73-82(94-67-58-49-40-31-22-13-4)88(83(74-79)95-68-59-50-41-32-23-14-5)100(89-84(96-69-60-51-42-33-24-15-6)75-80(92-65-56-47-38-29-20-11-2)76-85(89)97-70-61-52-43-34-25-16-7)90-86(98-71-62-53-44-35-26-17-8)77-81(93-66-57-48-39-30-21-12-3)78-87(90)99-72-63-54-45-36-27-18-9;2-1(3)4/h73-78H,10-72H2,1-9H3;(H2,2,3,4)/q+1;/p-1. The molecule has 3 aromatic carbocycles. The van der Waals surface area contributed by atoms with Gasteiger partial charge in [0.15, 0.2) is 34.5 Å². The third kappa shape index (κ3) is 48.7. The van der Waals surface area contributed by atoms with Crippen LogP contribution in [-0.4, -0.2) is 70.7 Å². The van der Waals surface area contributed by atoms with E-state index in [9.17, 15) is 0 Å². The van der Waals surface area contributed by atoms with Gasteiger partial charge >= 0.3 is 0 Å². The van der Waals surface area contributed by atoms with E-state index in [2.05, 4.69) is 98.7 Å². The third-order valence-corrected chi connectivity index (χ3v) is 21.9. The number of benzene rings is 3. The topological polar surface area (TPSA) is 143 Å². The summed E-state index contributed by atoms with van der Waals surface area (Å²) in [5, 5.41) is 15.3. The van der Waals surface area contributed by atoms with Crippen LogP contribution in [0.1, 0.15) is 409 Å². The summed E-state index contributed by atoms with van der Waals surface area (Å²) >= 11 is 0. The van der Waals surface area contributed by atoms with Gasteiger partial charge in [-0.15, -0.1) is 0 Å². The van der Waals surface area contributed by atoms with Crippen molar-refractivity contribution in [3.05, 3.63) is 36.4 Å². The normalized spacial score (nSPS) is 11.2. The maximum absolute atomic E-state index is 8.44. The summed E-state index contributed by atoms with van der Waals surface area (Å²) in [6, 6.07) is 13.2. The molecule has 0 radical (unpaired) electrons. The fraction of sp³-hybridized carbons (Fsp3) is 0.791. The van der Waals surface area contributed by atoms with E-state index >= 15 is 0 Å². The number of carbonyl (C=O) groups is 1. The summed E-state index contributed by atoms with van der Waals surface area (Å²) in [5.74, 6) is 6.99. The molecule has 12 nitrogen and oxygen atoms in total. The van der Waals surface area contributed by atoms with Crippen molar-refractivity contribution < 1.29 is 57.6 Å². The van der Waals surface area contributed by atoms with E-state index in [0.717, 1.165) is 182 Å². The van der Waals surface area contributed by atoms with E-state index < -0.39 is 17.1 Å². The van der Waals surface area contributed by atoms with Crippen molar-refractivity contribution >= 4 is 17.1 Å². The van der Waals surface area contributed by atoms with E-state index in [-0.39, 0.29) is 0 Å². The van der Waals surface area contributed by atoms with Crippen molar-refractivity contribution in [3.8, 4) is 51.7 Å². The molecule has 602 valence electrons. The number of hydrogen-bond donors (Lipinski definition) is 1. The average Bonchev–Trinajstić information content (AvgIpc) is 0.742. The lowest BCUT2D eigenvalue weighted by atomic mass is 10.1. The zero-order chi connectivity index (χ0) is 75.2. The van der Waals surface area contributed by atoms with Gasteiger partial charge in [-0.3, -0.25) is 0 Å². The second-order valence-electron chi connectivity index (χ2n) is 29.4. The second-order valence-corrected chi connectivity index (χ2v) is 31.2. The molecule has 0 saturated heterocycles. The van der Waals surface area contributed by atoms with Crippen LogP contribution in [0.5, 0.6) is 51.7 Å². The van der Waals surface area contributed by atoms with Crippen LogP contribution in [-0.2, 0) is 10.9 Å². The Morgan fingerprint density at radius 2 is 0.346 bits per heavy atom. The van der Waals surface area contributed by atoms with Gasteiger partial charge in [0.25, 0.3) is 14.7 Å². The van der Waals surface area contributed by atoms with Gasteiger partial charge < -0.3 is 57.6 Å². The highest BCUT2D eigenvalue weighted by molar-refractivity contribution is 7.97. The lowest BCUT2D eigenvalue weighted by molar-refractivity contribution is -0.275. The molecule has 0 unspecified atom stereocenters. The smallest absolute Gasteiger partial charge is 0.250 e. The van der Waals surface area contributed by atoms with Crippen molar-refractivity contribution in [2.75, 3.05) is 59.5 Å². The summed E-state index contributed by atoms with van der Waals surface area (Å²) in [7, 11) is -1.13. The molecule has 0 amide bonds. The van der Waals surface area contributed by atoms with Gasteiger partial charge in [0.1, 0.15) is 28.1 Å². The van der Waals surface area contributed by atoms with Crippen LogP contribution < -0.4 is 47.7 Å². The first-order valence-electron chi connectivity index (χ1n) is 44.0. The predicted octanol–water partition coefficient (Wildman–Crippen LogP) is 28.3. The lowest BCUT2D eigenvalue weighted by Gasteiger charge is -2.24. The average molecular weight is 1480 g/mol. The molecule has 104 heavy (non-hydrogen) atoms. The van der Waals surface area contributed by atoms with E-state index in [4.69, 9.17) is 57.6 Å². The highest BCUT2D eigenvalue weighted by Crippen LogP contribution is 2.56. The number of ether oxygens (including phenoxy) is 9. The maximum atomic E-state index is 8.44. The Balaban J connectivity index is 0.00000894. The minimum absolute atomic E-state index is 0.566. The molecule has 0 aliphatic rings. The Labute approximate surface area is 642 Å². The van der Waals surface area contributed by atoms with Gasteiger partial charge in [-0.2, -0.15) is 0 Å². The highest BCUT2D eigenvalue weighted by atomic mass is 32.2. The maximum Gasteiger partial charge on any atom is 0.250 e. The first-order chi connectivity index (χ1) is 51.2. The van der Waals surface area contributed by atoms with E-state index in [1.807, 2.05) is 0 Å². The molecule has 0 fully saturated rings. The number of unbranched alkanes of at least 4 members (excludes halogenated alkanes) is 45. The molecule has 13 heteroatoms. The monoisotopic (exact) mass is 1480 g/mol. The van der Waals surface area contributed by atoms with E-state index in [0.29, 0.717) is 59.5 Å². The lowest BCUT2D eigenvalue weighted by Crippen LogP contribution is -2.18. The molecular weight excluding hydrogens is 1320 g/mol. The number of carboxylic acid groups (broad SMARTS) is 2. The minimum Gasteiger partial charge on any atom is -0.565 e. The molecule has 0 atom stereocenters. The van der Waals surface area contributed by atoms with Crippen LogP contribution in [0.3, 0.4) is 0 Å². The Kier molecular flexibility index (Phi) is 64.5. The summed E-state index contributed by atoms with van der Waals surface area (Å²) < 4.78 is 66.0. The fourth-order valence-electron chi connectivity index (χ4n) is 13.1. The zero-order valence-electron chi connectivity index (χ0n) is 68.9. The van der Waals surface area contributed by atoms with Crippen LogP contribution in [0.2, 0.25) is 0 Å². The number of rotatable bonds is 75. The Morgan fingerprint density at radius 3 is 0.481 bits per heavy atom. The van der Waals surface area contributed by atoms with Crippen LogP contribution >= 0.6 is 0 Å². The Hall–Kier alpha value is -4.52. The third-order valence-electron chi connectivity index (χ3n) is 19.4. The van der Waals surface area contributed by atoms with Crippen LogP contribution in [0.15, 0.2) is 51.1 Å². The van der Waals surface area contributed by atoms with Crippen molar-refractivity contribution in [1.29, 1.82) is 0 Å². The molecule has 3 rings (SSSR count). The van der Waals surface area contributed by atoms with Crippen molar-refractivity contribution in [2.24, 2.45) is 0 Å².